The van der Waals surface area contributed by atoms with Crippen LogP contribution in [-0.4, -0.2) is 41.3 Å². The summed E-state index contributed by atoms with van der Waals surface area (Å²) in [4.78, 5) is 41.9. The zero-order valence-electron chi connectivity index (χ0n) is 21.5. The summed E-state index contributed by atoms with van der Waals surface area (Å²) in [5, 5.41) is 16.2. The van der Waals surface area contributed by atoms with Gasteiger partial charge >= 0.3 is 0 Å². The molecule has 3 atom stereocenters. The van der Waals surface area contributed by atoms with Crippen LogP contribution >= 0.6 is 0 Å². The second kappa shape index (κ2) is 10.1. The Morgan fingerprint density at radius 2 is 2.03 bits per heavy atom. The van der Waals surface area contributed by atoms with Gasteiger partial charge in [-0.25, -0.2) is 0 Å². The van der Waals surface area contributed by atoms with Gasteiger partial charge in [-0.15, -0.1) is 0 Å². The van der Waals surface area contributed by atoms with Crippen molar-refractivity contribution in [1.82, 2.24) is 15.6 Å². The third-order valence-electron chi connectivity index (χ3n) is 6.39. The summed E-state index contributed by atoms with van der Waals surface area (Å²) < 4.78 is 5.38. The maximum absolute atomic E-state index is 13.3. The van der Waals surface area contributed by atoms with Gasteiger partial charge in [0.15, 0.2) is 5.78 Å². The minimum atomic E-state index is -0.804. The lowest BCUT2D eigenvalue weighted by Crippen LogP contribution is -2.41. The number of carbonyl (C=O) groups is 3. The average molecular weight is 481 g/mol. The minimum absolute atomic E-state index is 0.00728. The van der Waals surface area contributed by atoms with Gasteiger partial charge < -0.3 is 20.4 Å². The molecular formula is C27H36N4O4. The molecule has 0 spiro atoms. The zero-order valence-corrected chi connectivity index (χ0v) is 21.5. The van der Waals surface area contributed by atoms with Crippen LogP contribution in [0.2, 0.25) is 0 Å². The fraction of sp³-hybridized carbons (Fsp3) is 0.556. The van der Waals surface area contributed by atoms with Crippen molar-refractivity contribution < 1.29 is 19.1 Å². The lowest BCUT2D eigenvalue weighted by molar-refractivity contribution is -0.127. The van der Waals surface area contributed by atoms with Crippen LogP contribution in [0.3, 0.4) is 0 Å². The maximum atomic E-state index is 13.3. The first-order valence-corrected chi connectivity index (χ1v) is 12.0. The van der Waals surface area contributed by atoms with E-state index in [4.69, 9.17) is 4.74 Å². The van der Waals surface area contributed by atoms with Crippen molar-refractivity contribution in [2.45, 2.75) is 71.9 Å². The van der Waals surface area contributed by atoms with Crippen molar-refractivity contribution >= 4 is 28.5 Å². The fourth-order valence-corrected chi connectivity index (χ4v) is 4.89. The fourth-order valence-electron chi connectivity index (χ4n) is 4.89. The predicted molar refractivity (Wildman–Crippen MR) is 134 cm³/mol. The van der Waals surface area contributed by atoms with Crippen molar-refractivity contribution in [3.8, 4) is 11.8 Å². The van der Waals surface area contributed by atoms with Gasteiger partial charge in [0.05, 0.1) is 18.9 Å². The van der Waals surface area contributed by atoms with Gasteiger partial charge in [-0.3, -0.25) is 14.4 Å². The molecule has 1 saturated heterocycles. The van der Waals surface area contributed by atoms with Gasteiger partial charge in [0.1, 0.15) is 11.8 Å². The molecule has 1 fully saturated rings. The highest BCUT2D eigenvalue weighted by Gasteiger charge is 2.39. The molecule has 188 valence electrons. The number of nitrogens with one attached hydrogen (secondary N) is 3. The van der Waals surface area contributed by atoms with Crippen LogP contribution < -0.4 is 15.4 Å². The van der Waals surface area contributed by atoms with E-state index < -0.39 is 12.0 Å². The Bertz CT molecular complexity index is 1150. The monoisotopic (exact) mass is 480 g/mol. The average Bonchev–Trinajstić information content (AvgIpc) is 3.31. The lowest BCUT2D eigenvalue weighted by Gasteiger charge is -2.26. The molecule has 3 unspecified atom stereocenters. The van der Waals surface area contributed by atoms with Crippen molar-refractivity contribution in [1.29, 1.82) is 5.26 Å². The number of aromatic amines is 1. The summed E-state index contributed by atoms with van der Waals surface area (Å²) in [7, 11) is 1.58. The molecule has 8 nitrogen and oxygen atoms in total. The highest BCUT2D eigenvalue weighted by Crippen LogP contribution is 2.31. The number of nitriles is 1. The Morgan fingerprint density at radius 3 is 2.60 bits per heavy atom. The Labute approximate surface area is 206 Å². The summed E-state index contributed by atoms with van der Waals surface area (Å²) in [6.07, 6.45) is 1.33. The normalized spacial score (nSPS) is 19.0. The molecule has 0 saturated carbocycles. The maximum Gasteiger partial charge on any atom is 0.224 e. The molecule has 2 aromatic rings. The smallest absolute Gasteiger partial charge is 0.224 e. The summed E-state index contributed by atoms with van der Waals surface area (Å²) in [5.41, 5.74) is 0.670. The highest BCUT2D eigenvalue weighted by molar-refractivity contribution is 6.02. The summed E-state index contributed by atoms with van der Waals surface area (Å²) in [6, 6.07) is 8.61. The predicted octanol–water partition coefficient (Wildman–Crippen LogP) is 4.11. The van der Waals surface area contributed by atoms with E-state index in [0.29, 0.717) is 24.3 Å². The summed E-state index contributed by atoms with van der Waals surface area (Å²) in [6.45, 7) is 9.92. The van der Waals surface area contributed by atoms with E-state index in [9.17, 15) is 19.6 Å². The lowest BCUT2D eigenvalue weighted by atomic mass is 9.81. The first kappa shape index (κ1) is 26.3. The van der Waals surface area contributed by atoms with Crippen molar-refractivity contribution in [3.05, 3.63) is 30.0 Å². The minimum Gasteiger partial charge on any atom is -0.496 e. The van der Waals surface area contributed by atoms with E-state index in [1.54, 1.807) is 13.2 Å². The van der Waals surface area contributed by atoms with Crippen LogP contribution in [0, 0.1) is 28.6 Å². The topological polar surface area (TPSA) is 124 Å². The molecule has 1 aromatic heterocycles. The number of hydrogen-bond acceptors (Lipinski definition) is 5. The number of ketones is 1. The first-order chi connectivity index (χ1) is 16.3. The Morgan fingerprint density at radius 1 is 1.31 bits per heavy atom. The largest absolute Gasteiger partial charge is 0.496 e. The van der Waals surface area contributed by atoms with Gasteiger partial charge in [-0.1, -0.05) is 26.8 Å². The molecule has 1 aliphatic heterocycles. The van der Waals surface area contributed by atoms with Crippen molar-refractivity contribution in [2.24, 2.45) is 17.3 Å². The second-order valence-corrected chi connectivity index (χ2v) is 11.4. The van der Waals surface area contributed by atoms with Gasteiger partial charge in [-0.2, -0.15) is 5.26 Å². The Balaban J connectivity index is 1.74. The number of nitrogens with zero attached hydrogens (tertiary/aromatic N) is 1. The number of methoxy groups -OCH3 is 1. The molecule has 8 heteroatoms. The summed E-state index contributed by atoms with van der Waals surface area (Å²) in [5.74, 6) is -0.901. The Kier molecular flexibility index (Phi) is 7.59. The van der Waals surface area contributed by atoms with E-state index in [1.807, 2.05) is 52.8 Å². The second-order valence-electron chi connectivity index (χ2n) is 11.4. The third kappa shape index (κ3) is 6.62. The molecule has 0 radical (unpaired) electrons. The molecule has 1 aromatic carbocycles. The number of H-pyrrole nitrogens is 1. The van der Waals surface area contributed by atoms with Crippen LogP contribution in [0.1, 0.15) is 70.8 Å². The number of amides is 2. The van der Waals surface area contributed by atoms with Crippen molar-refractivity contribution in [2.75, 3.05) is 7.11 Å². The van der Waals surface area contributed by atoms with Crippen LogP contribution in [0.25, 0.3) is 10.9 Å². The number of fused-ring (bicyclic) bond motifs is 1. The molecule has 3 N–H and O–H groups in total. The van der Waals surface area contributed by atoms with Crippen LogP contribution in [0.5, 0.6) is 5.75 Å². The number of ether oxygens (including phenoxy) is 1. The molecule has 3 rings (SSSR count). The van der Waals surface area contributed by atoms with Crippen LogP contribution in [-0.2, 0) is 9.59 Å². The summed E-state index contributed by atoms with van der Waals surface area (Å²) >= 11 is 0. The van der Waals surface area contributed by atoms with Crippen molar-refractivity contribution in [3.63, 3.8) is 0 Å². The third-order valence-corrected chi connectivity index (χ3v) is 6.39. The standard InChI is InChI=1S/C27H36N4O4/c1-26(2,3)13-17(11-22(32)21-12-19-20(30-21)8-7-9-23(19)35-6)24(33)29-18(15-28)10-16-14-27(4,5)31-25(16)34/h7-9,12,16-18,30H,10-11,13-14H2,1-6H3,(H,29,33)(H,31,34). The van der Waals surface area contributed by atoms with E-state index >= 15 is 0 Å². The number of aromatic nitrogens is 1. The van der Waals surface area contributed by atoms with Gasteiger partial charge in [0.25, 0.3) is 0 Å². The van der Waals surface area contributed by atoms with Crippen LogP contribution in [0.4, 0.5) is 0 Å². The van der Waals surface area contributed by atoms with Crippen LogP contribution in [0.15, 0.2) is 24.3 Å². The van der Waals surface area contributed by atoms with E-state index in [0.717, 1.165) is 10.9 Å². The number of benzene rings is 1. The SMILES string of the molecule is COc1cccc2[nH]c(C(=O)CC(CC(C)(C)C)C(=O)NC(C#N)CC3CC(C)(C)NC3=O)cc12. The number of Topliss-reactive ketones (excluding diaryl/α,β-unsaturated/α-hetero) is 1. The molecule has 0 aliphatic carbocycles. The quantitative estimate of drug-likeness (QED) is 0.466. The zero-order chi connectivity index (χ0) is 26.0. The van der Waals surface area contributed by atoms with Gasteiger partial charge in [0.2, 0.25) is 11.8 Å². The van der Waals surface area contributed by atoms with E-state index in [2.05, 4.69) is 21.7 Å². The first-order valence-electron chi connectivity index (χ1n) is 12.0. The molecule has 1 aliphatic rings. The number of hydrogen-bond donors (Lipinski definition) is 3. The molecule has 2 amide bonds. The highest BCUT2D eigenvalue weighted by atomic mass is 16.5. The van der Waals surface area contributed by atoms with Gasteiger partial charge in [0, 0.05) is 34.7 Å². The molecular weight excluding hydrogens is 444 g/mol. The molecule has 0 bridgehead atoms. The number of carbonyl (C=O) groups excluding carboxylic acids is 3. The number of rotatable bonds is 9. The molecule has 35 heavy (non-hydrogen) atoms. The van der Waals surface area contributed by atoms with E-state index in [-0.39, 0.29) is 47.3 Å². The van der Waals surface area contributed by atoms with E-state index in [1.165, 1.54) is 0 Å². The van der Waals surface area contributed by atoms with Gasteiger partial charge in [-0.05, 0) is 56.7 Å². The molecule has 2 heterocycles. The Hall–Kier alpha value is -3.34.